The number of nitrogens with zero attached hydrogens (tertiary/aromatic N) is 2. The number of carbonyl (C=O) groups is 1. The summed E-state index contributed by atoms with van der Waals surface area (Å²) in [5.41, 5.74) is 2.09. The van der Waals surface area contributed by atoms with Crippen LogP contribution < -0.4 is 0 Å². The predicted molar refractivity (Wildman–Crippen MR) is 84.4 cm³/mol. The van der Waals surface area contributed by atoms with Crippen LogP contribution in [0.4, 0.5) is 4.39 Å². The third-order valence-electron chi connectivity index (χ3n) is 4.23. The van der Waals surface area contributed by atoms with Gasteiger partial charge in [0.2, 0.25) is 0 Å². The fourth-order valence-corrected chi connectivity index (χ4v) is 3.03. The Morgan fingerprint density at radius 1 is 1.39 bits per heavy atom. The standard InChI is InChI=1S/C18H19FN2O2/c1-2-12-6-7-20-16(8-12)18(23)21-11-15(22)10-17(21)13-4-3-5-14(19)9-13/h3-9,15,17,22H,2,10-11H2,1H3/t15-,17+/m1/s1. The lowest BCUT2D eigenvalue weighted by Gasteiger charge is -2.24. The molecule has 0 saturated carbocycles. The Morgan fingerprint density at radius 2 is 2.22 bits per heavy atom. The van der Waals surface area contributed by atoms with Crippen LogP contribution >= 0.6 is 0 Å². The number of β-amino-alcohol motifs (C(OH)–C–C–N with tert-alkyl or cyclic N) is 1. The van der Waals surface area contributed by atoms with E-state index in [1.807, 2.05) is 13.0 Å². The summed E-state index contributed by atoms with van der Waals surface area (Å²) in [6, 6.07) is 9.50. The molecule has 4 nitrogen and oxygen atoms in total. The Hall–Kier alpha value is -2.27. The van der Waals surface area contributed by atoms with E-state index in [9.17, 15) is 14.3 Å². The first-order valence-electron chi connectivity index (χ1n) is 7.78. The van der Waals surface area contributed by atoms with Crippen molar-refractivity contribution in [3.05, 3.63) is 65.2 Å². The van der Waals surface area contributed by atoms with Crippen LogP contribution in [0.25, 0.3) is 0 Å². The van der Waals surface area contributed by atoms with Crippen LogP contribution in [0.5, 0.6) is 0 Å². The molecule has 2 aromatic rings. The normalized spacial score (nSPS) is 20.7. The maximum absolute atomic E-state index is 13.5. The van der Waals surface area contributed by atoms with Crippen LogP contribution in [0.15, 0.2) is 42.6 Å². The van der Waals surface area contributed by atoms with Crippen molar-refractivity contribution in [1.82, 2.24) is 9.88 Å². The Morgan fingerprint density at radius 3 is 2.96 bits per heavy atom. The molecular weight excluding hydrogens is 295 g/mol. The SMILES string of the molecule is CCc1ccnc(C(=O)N2C[C@H](O)C[C@H]2c2cccc(F)c2)c1. The fraction of sp³-hybridized carbons (Fsp3) is 0.333. The molecule has 5 heteroatoms. The zero-order valence-corrected chi connectivity index (χ0v) is 12.9. The number of rotatable bonds is 3. The van der Waals surface area contributed by atoms with E-state index >= 15 is 0 Å². The molecule has 1 amide bonds. The van der Waals surface area contributed by atoms with E-state index in [1.165, 1.54) is 12.1 Å². The lowest BCUT2D eigenvalue weighted by Crippen LogP contribution is -2.32. The number of aryl methyl sites for hydroxylation is 1. The molecule has 2 heterocycles. The van der Waals surface area contributed by atoms with Gasteiger partial charge in [0.15, 0.2) is 0 Å². The lowest BCUT2D eigenvalue weighted by atomic mass is 10.0. The van der Waals surface area contributed by atoms with Gasteiger partial charge < -0.3 is 10.0 Å². The zero-order chi connectivity index (χ0) is 16.4. The van der Waals surface area contributed by atoms with E-state index in [1.54, 1.807) is 29.3 Å². The van der Waals surface area contributed by atoms with Crippen LogP contribution in [0, 0.1) is 5.82 Å². The largest absolute Gasteiger partial charge is 0.391 e. The van der Waals surface area contributed by atoms with Crippen molar-refractivity contribution in [2.24, 2.45) is 0 Å². The minimum Gasteiger partial charge on any atom is -0.391 e. The number of halogens is 1. The Labute approximate surface area is 134 Å². The molecule has 3 rings (SSSR count). The van der Waals surface area contributed by atoms with E-state index < -0.39 is 6.10 Å². The van der Waals surface area contributed by atoms with E-state index in [-0.39, 0.29) is 24.3 Å². The van der Waals surface area contributed by atoms with Gasteiger partial charge in [-0.1, -0.05) is 19.1 Å². The summed E-state index contributed by atoms with van der Waals surface area (Å²) in [5, 5.41) is 9.99. The summed E-state index contributed by atoms with van der Waals surface area (Å²) in [6.07, 6.45) is 2.23. The zero-order valence-electron chi connectivity index (χ0n) is 12.9. The molecular formula is C18H19FN2O2. The summed E-state index contributed by atoms with van der Waals surface area (Å²) >= 11 is 0. The number of amides is 1. The van der Waals surface area contributed by atoms with Gasteiger partial charge in [-0.15, -0.1) is 0 Å². The fourth-order valence-electron chi connectivity index (χ4n) is 3.03. The topological polar surface area (TPSA) is 53.4 Å². The quantitative estimate of drug-likeness (QED) is 0.948. The van der Waals surface area contributed by atoms with Gasteiger partial charge in [0.25, 0.3) is 5.91 Å². The second-order valence-electron chi connectivity index (χ2n) is 5.82. The molecule has 0 bridgehead atoms. The van der Waals surface area contributed by atoms with Gasteiger partial charge in [-0.2, -0.15) is 0 Å². The number of aliphatic hydroxyl groups is 1. The summed E-state index contributed by atoms with van der Waals surface area (Å²) < 4.78 is 13.5. The van der Waals surface area contributed by atoms with E-state index in [2.05, 4.69) is 4.98 Å². The highest BCUT2D eigenvalue weighted by atomic mass is 19.1. The molecule has 23 heavy (non-hydrogen) atoms. The minimum absolute atomic E-state index is 0.230. The molecule has 1 aromatic heterocycles. The monoisotopic (exact) mass is 314 g/mol. The van der Waals surface area contributed by atoms with Crippen molar-refractivity contribution in [2.45, 2.75) is 31.9 Å². The first kappa shape index (κ1) is 15.6. The van der Waals surface area contributed by atoms with Crippen molar-refractivity contribution in [3.63, 3.8) is 0 Å². The molecule has 1 aromatic carbocycles. The average Bonchev–Trinajstić information content (AvgIpc) is 2.96. The van der Waals surface area contributed by atoms with Crippen molar-refractivity contribution in [2.75, 3.05) is 6.54 Å². The van der Waals surface area contributed by atoms with E-state index in [4.69, 9.17) is 0 Å². The molecule has 1 aliphatic rings. The highest BCUT2D eigenvalue weighted by Gasteiger charge is 2.36. The molecule has 1 N–H and O–H groups in total. The summed E-state index contributed by atoms with van der Waals surface area (Å²) in [6.45, 7) is 2.25. The third kappa shape index (κ3) is 3.24. The highest BCUT2D eigenvalue weighted by Crippen LogP contribution is 2.33. The number of pyridine rings is 1. The van der Waals surface area contributed by atoms with Crippen molar-refractivity contribution in [3.8, 4) is 0 Å². The van der Waals surface area contributed by atoms with Gasteiger partial charge in [-0.25, -0.2) is 4.39 Å². The second kappa shape index (κ2) is 6.46. The minimum atomic E-state index is -0.610. The van der Waals surface area contributed by atoms with Crippen LogP contribution in [0.1, 0.15) is 41.0 Å². The smallest absolute Gasteiger partial charge is 0.273 e. The molecule has 0 unspecified atom stereocenters. The summed E-state index contributed by atoms with van der Waals surface area (Å²) in [5.74, 6) is -0.575. The molecule has 1 fully saturated rings. The molecule has 0 radical (unpaired) electrons. The van der Waals surface area contributed by atoms with Gasteiger partial charge >= 0.3 is 0 Å². The molecule has 1 saturated heterocycles. The first-order chi connectivity index (χ1) is 11.1. The third-order valence-corrected chi connectivity index (χ3v) is 4.23. The molecule has 0 aliphatic carbocycles. The highest BCUT2D eigenvalue weighted by molar-refractivity contribution is 5.93. The van der Waals surface area contributed by atoms with Gasteiger partial charge in [0.05, 0.1) is 12.1 Å². The number of carbonyl (C=O) groups excluding carboxylic acids is 1. The maximum atomic E-state index is 13.5. The molecule has 0 spiro atoms. The number of likely N-dealkylation sites (tertiary alicyclic amines) is 1. The Balaban J connectivity index is 1.91. The Kier molecular flexibility index (Phi) is 4.39. The van der Waals surface area contributed by atoms with Gasteiger partial charge in [-0.3, -0.25) is 9.78 Å². The number of aromatic nitrogens is 1. The lowest BCUT2D eigenvalue weighted by molar-refractivity contribution is 0.0709. The van der Waals surface area contributed by atoms with E-state index in [0.717, 1.165) is 12.0 Å². The predicted octanol–water partition coefficient (Wildman–Crippen LogP) is 2.73. The number of benzene rings is 1. The van der Waals surface area contributed by atoms with Crippen molar-refractivity contribution < 1.29 is 14.3 Å². The van der Waals surface area contributed by atoms with Crippen LogP contribution in [0.3, 0.4) is 0 Å². The van der Waals surface area contributed by atoms with Crippen LogP contribution in [-0.2, 0) is 6.42 Å². The Bertz CT molecular complexity index is 720. The number of hydrogen-bond acceptors (Lipinski definition) is 3. The first-order valence-corrected chi connectivity index (χ1v) is 7.78. The van der Waals surface area contributed by atoms with Crippen molar-refractivity contribution >= 4 is 5.91 Å². The maximum Gasteiger partial charge on any atom is 0.273 e. The van der Waals surface area contributed by atoms with Gasteiger partial charge in [-0.05, 0) is 48.2 Å². The summed E-state index contributed by atoms with van der Waals surface area (Å²) in [4.78, 5) is 18.5. The number of aliphatic hydroxyl groups excluding tert-OH is 1. The second-order valence-corrected chi connectivity index (χ2v) is 5.82. The van der Waals surface area contributed by atoms with Crippen LogP contribution in [-0.4, -0.2) is 33.5 Å². The van der Waals surface area contributed by atoms with E-state index in [0.29, 0.717) is 17.7 Å². The van der Waals surface area contributed by atoms with Crippen molar-refractivity contribution in [1.29, 1.82) is 0 Å². The average molecular weight is 314 g/mol. The van der Waals surface area contributed by atoms with Crippen LogP contribution in [0.2, 0.25) is 0 Å². The molecule has 120 valence electrons. The molecule has 1 aliphatic heterocycles. The van der Waals surface area contributed by atoms with Gasteiger partial charge in [0, 0.05) is 12.7 Å². The number of hydrogen-bond donors (Lipinski definition) is 1. The summed E-state index contributed by atoms with van der Waals surface area (Å²) in [7, 11) is 0. The van der Waals surface area contributed by atoms with Gasteiger partial charge in [0.1, 0.15) is 11.5 Å². The molecule has 2 atom stereocenters.